The van der Waals surface area contributed by atoms with Crippen LogP contribution in [-0.4, -0.2) is 28.5 Å². The second kappa shape index (κ2) is 6.74. The summed E-state index contributed by atoms with van der Waals surface area (Å²) in [5, 5.41) is 2.77. The van der Waals surface area contributed by atoms with Crippen LogP contribution in [0.15, 0.2) is 5.38 Å². The van der Waals surface area contributed by atoms with E-state index in [4.69, 9.17) is 9.47 Å². The molecule has 0 unspecified atom stereocenters. The number of carbonyl (C=O) groups excluding carboxylic acids is 2. The fourth-order valence-corrected chi connectivity index (χ4v) is 2.75. The standard InChI is InChI=1S/C15H18N2O4S/c1-5-20-14(18)12-8(2)13(16-9(12)3)15(19)21-6-11-7-22-10(4)17-11/h7,16H,5-6H2,1-4H3. The first-order valence-corrected chi connectivity index (χ1v) is 7.76. The van der Waals surface area contributed by atoms with Crippen molar-refractivity contribution in [3.05, 3.63) is 38.6 Å². The van der Waals surface area contributed by atoms with Crippen molar-refractivity contribution in [3.63, 3.8) is 0 Å². The van der Waals surface area contributed by atoms with E-state index in [2.05, 4.69) is 9.97 Å². The number of nitrogens with one attached hydrogen (secondary N) is 1. The van der Waals surface area contributed by atoms with Crippen molar-refractivity contribution in [2.45, 2.75) is 34.3 Å². The number of hydrogen-bond donors (Lipinski definition) is 1. The summed E-state index contributed by atoms with van der Waals surface area (Å²) in [6.45, 7) is 7.43. The van der Waals surface area contributed by atoms with Crippen LogP contribution in [-0.2, 0) is 16.1 Å². The van der Waals surface area contributed by atoms with Gasteiger partial charge < -0.3 is 14.5 Å². The summed E-state index contributed by atoms with van der Waals surface area (Å²) in [7, 11) is 0. The quantitative estimate of drug-likeness (QED) is 0.856. The molecule has 0 aliphatic carbocycles. The largest absolute Gasteiger partial charge is 0.462 e. The zero-order valence-corrected chi connectivity index (χ0v) is 13.8. The van der Waals surface area contributed by atoms with Gasteiger partial charge in [-0.1, -0.05) is 0 Å². The number of aryl methyl sites for hydroxylation is 2. The molecular weight excluding hydrogens is 304 g/mol. The number of aromatic nitrogens is 2. The molecule has 2 heterocycles. The van der Waals surface area contributed by atoms with Gasteiger partial charge >= 0.3 is 11.9 Å². The average Bonchev–Trinajstić information content (AvgIpc) is 3.00. The predicted octanol–water partition coefficient (Wildman–Crippen LogP) is 2.93. The number of esters is 2. The van der Waals surface area contributed by atoms with Crippen molar-refractivity contribution in [1.82, 2.24) is 9.97 Å². The van der Waals surface area contributed by atoms with Crippen molar-refractivity contribution in [3.8, 4) is 0 Å². The predicted molar refractivity (Wildman–Crippen MR) is 82.2 cm³/mol. The van der Waals surface area contributed by atoms with E-state index in [0.29, 0.717) is 22.5 Å². The highest BCUT2D eigenvalue weighted by Gasteiger charge is 2.23. The molecule has 0 bridgehead atoms. The lowest BCUT2D eigenvalue weighted by Crippen LogP contribution is -2.09. The van der Waals surface area contributed by atoms with Crippen molar-refractivity contribution in [2.75, 3.05) is 6.61 Å². The molecule has 0 aromatic carbocycles. The minimum absolute atomic E-state index is 0.107. The molecule has 1 N–H and O–H groups in total. The molecule has 2 rings (SSSR count). The number of rotatable bonds is 5. The monoisotopic (exact) mass is 322 g/mol. The highest BCUT2D eigenvalue weighted by molar-refractivity contribution is 7.09. The van der Waals surface area contributed by atoms with Gasteiger partial charge in [-0.25, -0.2) is 14.6 Å². The fourth-order valence-electron chi connectivity index (χ4n) is 2.15. The number of thiazole rings is 1. The zero-order valence-electron chi connectivity index (χ0n) is 13.0. The Balaban J connectivity index is 2.13. The molecule has 0 saturated carbocycles. The molecule has 0 amide bonds. The summed E-state index contributed by atoms with van der Waals surface area (Å²) < 4.78 is 10.2. The van der Waals surface area contributed by atoms with Gasteiger partial charge in [0.25, 0.3) is 0 Å². The third-order valence-electron chi connectivity index (χ3n) is 3.14. The van der Waals surface area contributed by atoms with E-state index >= 15 is 0 Å². The van der Waals surface area contributed by atoms with Gasteiger partial charge in [-0.3, -0.25) is 0 Å². The second-order valence-corrected chi connectivity index (χ2v) is 5.84. The van der Waals surface area contributed by atoms with E-state index in [1.807, 2.05) is 12.3 Å². The van der Waals surface area contributed by atoms with Crippen molar-refractivity contribution in [2.24, 2.45) is 0 Å². The minimum Gasteiger partial charge on any atom is -0.462 e. The van der Waals surface area contributed by atoms with E-state index in [-0.39, 0.29) is 18.9 Å². The van der Waals surface area contributed by atoms with Gasteiger partial charge in [-0.05, 0) is 33.3 Å². The normalized spacial score (nSPS) is 10.5. The van der Waals surface area contributed by atoms with Crippen LogP contribution in [0.3, 0.4) is 0 Å². The Kier molecular flexibility index (Phi) is 4.97. The van der Waals surface area contributed by atoms with Gasteiger partial charge in [0.05, 0.1) is 22.9 Å². The number of aromatic amines is 1. The average molecular weight is 322 g/mol. The van der Waals surface area contributed by atoms with Gasteiger partial charge in [0.2, 0.25) is 0 Å². The molecule has 0 aliphatic heterocycles. The molecule has 0 radical (unpaired) electrons. The zero-order chi connectivity index (χ0) is 16.3. The molecule has 0 saturated heterocycles. The van der Waals surface area contributed by atoms with E-state index in [1.165, 1.54) is 11.3 Å². The Labute approximate surface area is 132 Å². The topological polar surface area (TPSA) is 81.3 Å². The van der Waals surface area contributed by atoms with Crippen LogP contribution in [0.1, 0.15) is 49.7 Å². The maximum atomic E-state index is 12.2. The third kappa shape index (κ3) is 3.36. The Morgan fingerprint density at radius 1 is 1.23 bits per heavy atom. The summed E-state index contributed by atoms with van der Waals surface area (Å²) in [5.74, 6) is -0.954. The number of carbonyl (C=O) groups is 2. The maximum Gasteiger partial charge on any atom is 0.355 e. The number of hydrogen-bond acceptors (Lipinski definition) is 6. The molecular formula is C15H18N2O4S. The molecule has 2 aromatic heterocycles. The van der Waals surface area contributed by atoms with Crippen LogP contribution in [0.2, 0.25) is 0 Å². The lowest BCUT2D eigenvalue weighted by atomic mass is 10.1. The first kappa shape index (κ1) is 16.2. The van der Waals surface area contributed by atoms with Gasteiger partial charge in [-0.15, -0.1) is 11.3 Å². The van der Waals surface area contributed by atoms with Crippen LogP contribution in [0, 0.1) is 20.8 Å². The summed E-state index contributed by atoms with van der Waals surface area (Å²) >= 11 is 1.50. The van der Waals surface area contributed by atoms with Crippen LogP contribution < -0.4 is 0 Å². The Hall–Kier alpha value is -2.15. The van der Waals surface area contributed by atoms with Crippen LogP contribution >= 0.6 is 11.3 Å². The lowest BCUT2D eigenvalue weighted by molar-refractivity contribution is 0.0461. The lowest BCUT2D eigenvalue weighted by Gasteiger charge is -2.03. The maximum absolute atomic E-state index is 12.2. The molecule has 0 fully saturated rings. The van der Waals surface area contributed by atoms with Crippen molar-refractivity contribution in [1.29, 1.82) is 0 Å². The van der Waals surface area contributed by atoms with E-state index < -0.39 is 11.9 Å². The molecule has 22 heavy (non-hydrogen) atoms. The van der Waals surface area contributed by atoms with Gasteiger partial charge in [0.15, 0.2) is 0 Å². The first-order chi connectivity index (χ1) is 10.4. The van der Waals surface area contributed by atoms with Crippen LogP contribution in [0.5, 0.6) is 0 Å². The Morgan fingerprint density at radius 3 is 2.55 bits per heavy atom. The highest BCUT2D eigenvalue weighted by atomic mass is 32.1. The van der Waals surface area contributed by atoms with E-state index in [0.717, 1.165) is 5.01 Å². The van der Waals surface area contributed by atoms with Gasteiger partial charge in [0, 0.05) is 11.1 Å². The summed E-state index contributed by atoms with van der Waals surface area (Å²) in [4.78, 5) is 31.2. The molecule has 7 heteroatoms. The van der Waals surface area contributed by atoms with Crippen molar-refractivity contribution < 1.29 is 19.1 Å². The molecule has 0 spiro atoms. The summed E-state index contributed by atoms with van der Waals surface area (Å²) in [6.07, 6.45) is 0. The van der Waals surface area contributed by atoms with Crippen LogP contribution in [0.4, 0.5) is 0 Å². The molecule has 118 valence electrons. The summed E-state index contributed by atoms with van der Waals surface area (Å²) in [6, 6.07) is 0. The Bertz CT molecular complexity index is 702. The minimum atomic E-state index is -0.512. The second-order valence-electron chi connectivity index (χ2n) is 4.78. The number of nitrogens with zero attached hydrogens (tertiary/aromatic N) is 1. The number of H-pyrrole nitrogens is 1. The molecule has 0 atom stereocenters. The van der Waals surface area contributed by atoms with Gasteiger partial charge in [0.1, 0.15) is 12.3 Å². The summed E-state index contributed by atoms with van der Waals surface area (Å²) in [5.41, 5.74) is 2.50. The van der Waals surface area contributed by atoms with E-state index in [9.17, 15) is 9.59 Å². The highest BCUT2D eigenvalue weighted by Crippen LogP contribution is 2.20. The number of ether oxygens (including phenoxy) is 2. The van der Waals surface area contributed by atoms with Crippen LogP contribution in [0.25, 0.3) is 0 Å². The Morgan fingerprint density at radius 2 is 1.95 bits per heavy atom. The SMILES string of the molecule is CCOC(=O)c1c(C)[nH]c(C(=O)OCc2csc(C)n2)c1C. The third-order valence-corrected chi connectivity index (χ3v) is 3.96. The van der Waals surface area contributed by atoms with E-state index in [1.54, 1.807) is 20.8 Å². The molecule has 2 aromatic rings. The molecule has 6 nitrogen and oxygen atoms in total. The van der Waals surface area contributed by atoms with Gasteiger partial charge in [-0.2, -0.15) is 0 Å². The van der Waals surface area contributed by atoms with Crippen molar-refractivity contribution >= 4 is 23.3 Å². The first-order valence-electron chi connectivity index (χ1n) is 6.88. The fraction of sp³-hybridized carbons (Fsp3) is 0.400. The molecule has 0 aliphatic rings. The smallest absolute Gasteiger partial charge is 0.355 e.